The number of hydrogen-bond acceptors (Lipinski definition) is 5. The van der Waals surface area contributed by atoms with E-state index >= 15 is 0 Å². The topological polar surface area (TPSA) is 59.8 Å². The predicted octanol–water partition coefficient (Wildman–Crippen LogP) is 6.07. The normalized spacial score (nSPS) is 12.1. The van der Waals surface area contributed by atoms with Crippen LogP contribution in [0.15, 0.2) is 84.9 Å². The van der Waals surface area contributed by atoms with Crippen LogP contribution in [-0.2, 0) is 17.9 Å². The van der Waals surface area contributed by atoms with Gasteiger partial charge < -0.3 is 14.6 Å². The fourth-order valence-corrected chi connectivity index (χ4v) is 4.30. The van der Waals surface area contributed by atoms with Crippen LogP contribution in [0.4, 0.5) is 0 Å². The number of nitrogens with zero attached hydrogens (tertiary/aromatic N) is 3. The van der Waals surface area contributed by atoms with Gasteiger partial charge in [0.1, 0.15) is 5.75 Å². The van der Waals surface area contributed by atoms with Crippen LogP contribution in [0, 0.1) is 13.8 Å². The van der Waals surface area contributed by atoms with Gasteiger partial charge in [0.25, 0.3) is 0 Å². The van der Waals surface area contributed by atoms with Crippen LogP contribution in [0.5, 0.6) is 11.6 Å². The van der Waals surface area contributed by atoms with E-state index in [1.165, 1.54) is 5.56 Å². The summed E-state index contributed by atoms with van der Waals surface area (Å²) in [4.78, 5) is 2.25. The highest BCUT2D eigenvalue weighted by Crippen LogP contribution is 2.32. The molecule has 0 aliphatic rings. The zero-order valence-electron chi connectivity index (χ0n) is 22.0. The van der Waals surface area contributed by atoms with Crippen molar-refractivity contribution in [2.24, 2.45) is 0 Å². The molecule has 0 aliphatic heterocycles. The largest absolute Gasteiger partial charge is 0.439 e. The first kappa shape index (κ1) is 26.6. The molecule has 1 aromatic heterocycles. The molecule has 4 aromatic rings. The molecule has 0 radical (unpaired) electrons. The molecule has 1 N–H and O–H groups in total. The van der Waals surface area contributed by atoms with Crippen molar-refractivity contribution in [3.8, 4) is 17.3 Å². The Hall–Kier alpha value is -3.45. The van der Waals surface area contributed by atoms with Crippen LogP contribution in [0.3, 0.4) is 0 Å². The van der Waals surface area contributed by atoms with Crippen LogP contribution in [-0.4, -0.2) is 45.6 Å². The Bertz CT molecular complexity index is 1220. The molecule has 0 fully saturated rings. The van der Waals surface area contributed by atoms with E-state index in [0.29, 0.717) is 25.6 Å². The fraction of sp³-hybridized carbons (Fsp3) is 0.323. The van der Waals surface area contributed by atoms with Crippen LogP contribution in [0.1, 0.15) is 35.7 Å². The highest BCUT2D eigenvalue weighted by atomic mass is 16.5. The van der Waals surface area contributed by atoms with E-state index in [9.17, 15) is 5.11 Å². The molecule has 0 unspecified atom stereocenters. The molecule has 3 aromatic carbocycles. The minimum absolute atomic E-state index is 0.282. The lowest BCUT2D eigenvalue weighted by molar-refractivity contribution is 0.00845. The Balaban J connectivity index is 1.52. The number of para-hydroxylation sites is 1. The van der Waals surface area contributed by atoms with Gasteiger partial charge in [-0.1, -0.05) is 73.2 Å². The van der Waals surface area contributed by atoms with Crippen LogP contribution in [0.25, 0.3) is 5.69 Å². The van der Waals surface area contributed by atoms with Gasteiger partial charge in [-0.15, -0.1) is 0 Å². The van der Waals surface area contributed by atoms with E-state index in [1.807, 2.05) is 96.5 Å². The fourth-order valence-electron chi connectivity index (χ4n) is 4.30. The Morgan fingerprint density at radius 1 is 0.919 bits per heavy atom. The first-order chi connectivity index (χ1) is 18.0. The summed E-state index contributed by atoms with van der Waals surface area (Å²) in [6.45, 7) is 8.95. The second-order valence-electron chi connectivity index (χ2n) is 9.42. The van der Waals surface area contributed by atoms with E-state index in [-0.39, 0.29) is 6.61 Å². The standard InChI is InChI=1S/C31H37N3O3/c1-4-19-33(20-28(35)23-36-22-26-11-7-5-8-12-26)21-30-25(3)32-34(27-13-9-6-10-14-27)31(30)37-29-17-15-24(2)16-18-29/h5-18,28,35H,4,19-23H2,1-3H3/t28-/m1/s1. The molecule has 0 spiro atoms. The second-order valence-corrected chi connectivity index (χ2v) is 9.42. The number of ether oxygens (including phenoxy) is 2. The Kier molecular flexibility index (Phi) is 9.49. The number of benzene rings is 3. The third-order valence-corrected chi connectivity index (χ3v) is 6.19. The van der Waals surface area contributed by atoms with Gasteiger partial charge in [0.05, 0.1) is 36.3 Å². The monoisotopic (exact) mass is 499 g/mol. The van der Waals surface area contributed by atoms with Gasteiger partial charge in [-0.2, -0.15) is 5.10 Å². The second kappa shape index (κ2) is 13.2. The Labute approximate surface area is 220 Å². The maximum absolute atomic E-state index is 10.8. The van der Waals surface area contributed by atoms with Crippen molar-refractivity contribution < 1.29 is 14.6 Å². The van der Waals surface area contributed by atoms with Crippen molar-refractivity contribution in [2.45, 2.75) is 46.4 Å². The third-order valence-electron chi connectivity index (χ3n) is 6.19. The average molecular weight is 500 g/mol. The summed E-state index contributed by atoms with van der Waals surface area (Å²) < 4.78 is 14.1. The molecule has 0 bridgehead atoms. The van der Waals surface area contributed by atoms with Gasteiger partial charge in [0.2, 0.25) is 5.88 Å². The summed E-state index contributed by atoms with van der Waals surface area (Å²) in [6.07, 6.45) is 0.374. The van der Waals surface area contributed by atoms with Gasteiger partial charge in [-0.3, -0.25) is 4.90 Å². The minimum atomic E-state index is -0.596. The summed E-state index contributed by atoms with van der Waals surface area (Å²) in [6, 6.07) is 28.1. The van der Waals surface area contributed by atoms with Gasteiger partial charge in [-0.25, -0.2) is 4.68 Å². The number of aliphatic hydroxyl groups excluding tert-OH is 1. The van der Waals surface area contributed by atoms with Gasteiger partial charge in [0, 0.05) is 13.1 Å². The summed E-state index contributed by atoms with van der Waals surface area (Å²) in [5.74, 6) is 1.46. The molecule has 4 rings (SSSR count). The summed E-state index contributed by atoms with van der Waals surface area (Å²) in [7, 11) is 0. The first-order valence-corrected chi connectivity index (χ1v) is 12.9. The number of aromatic nitrogens is 2. The van der Waals surface area contributed by atoms with E-state index in [0.717, 1.165) is 41.2 Å². The van der Waals surface area contributed by atoms with Crippen molar-refractivity contribution in [1.82, 2.24) is 14.7 Å². The van der Waals surface area contributed by atoms with Crippen molar-refractivity contribution >= 4 is 0 Å². The van der Waals surface area contributed by atoms with Crippen molar-refractivity contribution in [2.75, 3.05) is 19.7 Å². The number of aliphatic hydroxyl groups is 1. The number of hydrogen-bond donors (Lipinski definition) is 1. The Morgan fingerprint density at radius 2 is 1.59 bits per heavy atom. The average Bonchev–Trinajstić information content (AvgIpc) is 3.21. The highest BCUT2D eigenvalue weighted by Gasteiger charge is 2.22. The third kappa shape index (κ3) is 7.52. The SMILES string of the molecule is CCCN(Cc1c(C)nn(-c2ccccc2)c1Oc1ccc(C)cc1)C[C@@H](O)COCc1ccccc1. The quantitative estimate of drug-likeness (QED) is 0.242. The number of aryl methyl sites for hydroxylation is 2. The number of rotatable bonds is 13. The van der Waals surface area contributed by atoms with Crippen molar-refractivity contribution in [3.05, 3.63) is 107 Å². The van der Waals surface area contributed by atoms with Crippen LogP contribution >= 0.6 is 0 Å². The molecular weight excluding hydrogens is 462 g/mol. The minimum Gasteiger partial charge on any atom is -0.439 e. The lowest BCUT2D eigenvalue weighted by atomic mass is 10.2. The molecule has 6 nitrogen and oxygen atoms in total. The predicted molar refractivity (Wildman–Crippen MR) is 147 cm³/mol. The molecule has 0 aliphatic carbocycles. The van der Waals surface area contributed by atoms with Gasteiger partial charge in [-0.05, 0) is 56.6 Å². The lowest BCUT2D eigenvalue weighted by Crippen LogP contribution is -2.35. The van der Waals surface area contributed by atoms with E-state index in [2.05, 4.69) is 18.7 Å². The molecule has 0 amide bonds. The molecule has 0 saturated heterocycles. The highest BCUT2D eigenvalue weighted by molar-refractivity contribution is 5.43. The summed E-state index contributed by atoms with van der Waals surface area (Å²) >= 11 is 0. The van der Waals surface area contributed by atoms with E-state index < -0.39 is 6.10 Å². The van der Waals surface area contributed by atoms with Crippen molar-refractivity contribution in [1.29, 1.82) is 0 Å². The molecule has 37 heavy (non-hydrogen) atoms. The summed E-state index contributed by atoms with van der Waals surface area (Å²) in [5, 5.41) is 15.6. The van der Waals surface area contributed by atoms with Gasteiger partial charge in [0.15, 0.2) is 0 Å². The molecule has 6 heteroatoms. The molecule has 194 valence electrons. The first-order valence-electron chi connectivity index (χ1n) is 12.9. The van der Waals surface area contributed by atoms with Crippen LogP contribution < -0.4 is 4.74 Å². The Morgan fingerprint density at radius 3 is 2.27 bits per heavy atom. The van der Waals surface area contributed by atoms with Crippen molar-refractivity contribution in [3.63, 3.8) is 0 Å². The van der Waals surface area contributed by atoms with E-state index in [4.69, 9.17) is 14.6 Å². The molecular formula is C31H37N3O3. The van der Waals surface area contributed by atoms with E-state index in [1.54, 1.807) is 0 Å². The summed E-state index contributed by atoms with van der Waals surface area (Å²) in [5.41, 5.74) is 5.13. The molecule has 1 atom stereocenters. The lowest BCUT2D eigenvalue weighted by Gasteiger charge is -2.25. The zero-order chi connectivity index (χ0) is 26.0. The molecule has 0 saturated carbocycles. The molecule has 1 heterocycles. The maximum Gasteiger partial charge on any atom is 0.227 e. The maximum atomic E-state index is 10.8. The van der Waals surface area contributed by atoms with Gasteiger partial charge >= 0.3 is 0 Å². The van der Waals surface area contributed by atoms with Crippen LogP contribution in [0.2, 0.25) is 0 Å². The smallest absolute Gasteiger partial charge is 0.227 e. The zero-order valence-corrected chi connectivity index (χ0v) is 22.0.